The van der Waals surface area contributed by atoms with Gasteiger partial charge in [-0.2, -0.15) is 0 Å². The van der Waals surface area contributed by atoms with Crippen molar-refractivity contribution in [1.29, 1.82) is 0 Å². The number of halogens is 1. The third-order valence-corrected chi connectivity index (χ3v) is 4.20. The second-order valence-corrected chi connectivity index (χ2v) is 5.86. The highest BCUT2D eigenvalue weighted by atomic mass is 19.1. The van der Waals surface area contributed by atoms with Gasteiger partial charge in [-0.05, 0) is 43.7 Å². The molecule has 4 nitrogen and oxygen atoms in total. The predicted octanol–water partition coefficient (Wildman–Crippen LogP) is 1.90. The van der Waals surface area contributed by atoms with Crippen molar-refractivity contribution >= 4 is 11.6 Å². The van der Waals surface area contributed by atoms with E-state index in [1.165, 1.54) is 6.07 Å². The minimum atomic E-state index is -0.376. The van der Waals surface area contributed by atoms with E-state index in [9.17, 15) is 9.18 Å². The lowest BCUT2D eigenvalue weighted by Crippen LogP contribution is -2.39. The Balaban J connectivity index is 2.21. The molecule has 1 atom stereocenters. The summed E-state index contributed by atoms with van der Waals surface area (Å²) in [5.41, 5.74) is 1.58. The van der Waals surface area contributed by atoms with Crippen molar-refractivity contribution in [2.75, 3.05) is 31.6 Å². The molecule has 0 aromatic heterocycles. The van der Waals surface area contributed by atoms with Crippen LogP contribution >= 0.6 is 0 Å². The molecule has 0 aliphatic carbocycles. The second-order valence-electron chi connectivity index (χ2n) is 5.86. The van der Waals surface area contributed by atoms with E-state index in [0.717, 1.165) is 30.8 Å². The van der Waals surface area contributed by atoms with E-state index in [4.69, 9.17) is 0 Å². The van der Waals surface area contributed by atoms with Gasteiger partial charge in [0.15, 0.2) is 0 Å². The summed E-state index contributed by atoms with van der Waals surface area (Å²) in [6, 6.07) is 4.88. The summed E-state index contributed by atoms with van der Waals surface area (Å²) in [5.74, 6) is -0.153. The van der Waals surface area contributed by atoms with Crippen molar-refractivity contribution < 1.29 is 9.18 Å². The van der Waals surface area contributed by atoms with E-state index in [1.54, 1.807) is 13.1 Å². The number of amides is 1. The molecular weight excluding hydrogens is 269 g/mol. The zero-order chi connectivity index (χ0) is 15.5. The van der Waals surface area contributed by atoms with Crippen LogP contribution in [0.1, 0.15) is 25.8 Å². The lowest BCUT2D eigenvalue weighted by Gasteiger charge is -2.25. The fourth-order valence-corrected chi connectivity index (χ4v) is 2.92. The molecule has 5 heteroatoms. The van der Waals surface area contributed by atoms with Crippen molar-refractivity contribution in [3.05, 3.63) is 29.6 Å². The van der Waals surface area contributed by atoms with Gasteiger partial charge in [-0.1, -0.05) is 6.92 Å². The van der Waals surface area contributed by atoms with E-state index < -0.39 is 0 Å². The van der Waals surface area contributed by atoms with Crippen LogP contribution in [0.2, 0.25) is 0 Å². The van der Waals surface area contributed by atoms with Crippen molar-refractivity contribution in [2.45, 2.75) is 26.8 Å². The molecule has 1 aromatic carbocycles. The van der Waals surface area contributed by atoms with Gasteiger partial charge in [0.1, 0.15) is 5.82 Å². The zero-order valence-electron chi connectivity index (χ0n) is 13.0. The molecule has 21 heavy (non-hydrogen) atoms. The molecule has 1 aromatic rings. The fourth-order valence-electron chi connectivity index (χ4n) is 2.92. The molecule has 1 aliphatic heterocycles. The van der Waals surface area contributed by atoms with Crippen molar-refractivity contribution in [3.8, 4) is 0 Å². The minimum absolute atomic E-state index is 0.0698. The maximum absolute atomic E-state index is 13.5. The van der Waals surface area contributed by atoms with E-state index in [1.807, 2.05) is 19.9 Å². The second kappa shape index (κ2) is 6.43. The molecular formula is C16H24FN3O. The number of carbonyl (C=O) groups is 1. The van der Waals surface area contributed by atoms with Crippen LogP contribution in [-0.2, 0) is 11.3 Å². The van der Waals surface area contributed by atoms with Gasteiger partial charge in [0.25, 0.3) is 0 Å². The molecule has 1 unspecified atom stereocenters. The number of hydrogen-bond donors (Lipinski definition) is 2. The first-order chi connectivity index (χ1) is 10.00. The SMILES string of the molecule is CCNCc1cc(F)ccc1N1CCC(C)(C(=O)NC)C1. The van der Waals surface area contributed by atoms with E-state index in [-0.39, 0.29) is 17.1 Å². The first-order valence-electron chi connectivity index (χ1n) is 7.46. The zero-order valence-corrected chi connectivity index (χ0v) is 13.0. The van der Waals surface area contributed by atoms with E-state index in [0.29, 0.717) is 13.1 Å². The summed E-state index contributed by atoms with van der Waals surface area (Å²) in [5, 5.41) is 5.98. The van der Waals surface area contributed by atoms with Gasteiger partial charge in [-0.3, -0.25) is 4.79 Å². The Morgan fingerprint density at radius 2 is 2.24 bits per heavy atom. The predicted molar refractivity (Wildman–Crippen MR) is 82.8 cm³/mol. The highest BCUT2D eigenvalue weighted by molar-refractivity contribution is 5.83. The quantitative estimate of drug-likeness (QED) is 0.871. The Morgan fingerprint density at radius 1 is 1.48 bits per heavy atom. The summed E-state index contributed by atoms with van der Waals surface area (Å²) < 4.78 is 13.5. The van der Waals surface area contributed by atoms with Crippen LogP contribution in [0, 0.1) is 11.2 Å². The van der Waals surface area contributed by atoms with Crippen LogP contribution in [0.25, 0.3) is 0 Å². The Morgan fingerprint density at radius 3 is 2.90 bits per heavy atom. The first kappa shape index (κ1) is 15.8. The molecule has 2 rings (SSSR count). The largest absolute Gasteiger partial charge is 0.370 e. The molecule has 1 fully saturated rings. The molecule has 1 saturated heterocycles. The molecule has 0 bridgehead atoms. The standard InChI is InChI=1S/C16H24FN3O/c1-4-19-10-12-9-13(17)5-6-14(12)20-8-7-16(2,11-20)15(21)18-3/h5-6,9,19H,4,7-8,10-11H2,1-3H3,(H,18,21). The van der Waals surface area contributed by atoms with E-state index >= 15 is 0 Å². The molecule has 0 spiro atoms. The third-order valence-electron chi connectivity index (χ3n) is 4.20. The molecule has 116 valence electrons. The van der Waals surface area contributed by atoms with Crippen LogP contribution in [0.15, 0.2) is 18.2 Å². The van der Waals surface area contributed by atoms with Crippen LogP contribution < -0.4 is 15.5 Å². The Hall–Kier alpha value is -1.62. The van der Waals surface area contributed by atoms with Gasteiger partial charge in [0.2, 0.25) is 5.91 Å². The van der Waals surface area contributed by atoms with Gasteiger partial charge < -0.3 is 15.5 Å². The van der Waals surface area contributed by atoms with Crippen molar-refractivity contribution in [1.82, 2.24) is 10.6 Å². The lowest BCUT2D eigenvalue weighted by molar-refractivity contribution is -0.128. The van der Waals surface area contributed by atoms with Crippen LogP contribution in [0.4, 0.5) is 10.1 Å². The Kier molecular flexibility index (Phi) is 4.83. The first-order valence-corrected chi connectivity index (χ1v) is 7.46. The summed E-state index contributed by atoms with van der Waals surface area (Å²) in [6.45, 7) is 6.96. The Bertz CT molecular complexity index is 520. The number of nitrogens with zero attached hydrogens (tertiary/aromatic N) is 1. The van der Waals surface area contributed by atoms with Crippen LogP contribution in [0.5, 0.6) is 0 Å². The highest BCUT2D eigenvalue weighted by Gasteiger charge is 2.40. The summed E-state index contributed by atoms with van der Waals surface area (Å²) in [7, 11) is 1.67. The van der Waals surface area contributed by atoms with Gasteiger partial charge in [0.05, 0.1) is 5.41 Å². The van der Waals surface area contributed by atoms with Gasteiger partial charge >= 0.3 is 0 Å². The molecule has 1 aliphatic rings. The van der Waals surface area contributed by atoms with Gasteiger partial charge in [-0.25, -0.2) is 4.39 Å². The van der Waals surface area contributed by atoms with E-state index in [2.05, 4.69) is 15.5 Å². The monoisotopic (exact) mass is 293 g/mol. The molecule has 1 amide bonds. The fraction of sp³-hybridized carbons (Fsp3) is 0.562. The number of nitrogens with one attached hydrogen (secondary N) is 2. The molecule has 2 N–H and O–H groups in total. The van der Waals surface area contributed by atoms with Crippen molar-refractivity contribution in [2.24, 2.45) is 5.41 Å². The lowest BCUT2D eigenvalue weighted by atomic mass is 9.89. The molecule has 0 radical (unpaired) electrons. The summed E-state index contributed by atoms with van der Waals surface area (Å²) in [6.07, 6.45) is 0.810. The third kappa shape index (κ3) is 3.35. The number of benzene rings is 1. The van der Waals surface area contributed by atoms with Gasteiger partial charge in [0, 0.05) is 32.4 Å². The normalized spacial score (nSPS) is 21.6. The summed E-state index contributed by atoms with van der Waals surface area (Å²) >= 11 is 0. The molecule has 1 heterocycles. The summed E-state index contributed by atoms with van der Waals surface area (Å²) in [4.78, 5) is 14.2. The maximum Gasteiger partial charge on any atom is 0.227 e. The van der Waals surface area contributed by atoms with Crippen LogP contribution in [0.3, 0.4) is 0 Å². The smallest absolute Gasteiger partial charge is 0.227 e. The van der Waals surface area contributed by atoms with Gasteiger partial charge in [-0.15, -0.1) is 0 Å². The number of anilines is 1. The van der Waals surface area contributed by atoms with Crippen molar-refractivity contribution in [3.63, 3.8) is 0 Å². The maximum atomic E-state index is 13.5. The topological polar surface area (TPSA) is 44.4 Å². The average molecular weight is 293 g/mol. The number of hydrogen-bond acceptors (Lipinski definition) is 3. The number of carbonyl (C=O) groups excluding carboxylic acids is 1. The minimum Gasteiger partial charge on any atom is -0.370 e. The average Bonchev–Trinajstić information content (AvgIpc) is 2.88. The van der Waals surface area contributed by atoms with Crippen LogP contribution in [-0.4, -0.2) is 32.6 Å². The Labute approximate surface area is 125 Å². The molecule has 0 saturated carbocycles. The highest BCUT2D eigenvalue weighted by Crippen LogP contribution is 2.35. The number of rotatable bonds is 5.